The van der Waals surface area contributed by atoms with Crippen molar-refractivity contribution in [2.45, 2.75) is 23.3 Å². The second kappa shape index (κ2) is 6.22. The smallest absolute Gasteiger partial charge is 0.319 e. The van der Waals surface area contributed by atoms with Gasteiger partial charge in [-0.25, -0.2) is 4.79 Å². The number of carbonyl (C=O) groups excluding carboxylic acids is 1. The third-order valence-corrected chi connectivity index (χ3v) is 4.39. The molecule has 0 heterocycles. The molecular weight excluding hydrogens is 280 g/mol. The standard InChI is InChI=1S/C17H18N2OS/c1-21-14-9-5-8-13(10-14)18-17(20)19-16-11-15(16)12-6-3-2-4-7-12/h2-10,15-16H,11H2,1H3,(H2,18,19,20). The molecule has 108 valence electrons. The number of benzene rings is 2. The Bertz CT molecular complexity index is 630. The molecule has 2 aromatic carbocycles. The van der Waals surface area contributed by atoms with E-state index in [0.29, 0.717) is 5.92 Å². The minimum Gasteiger partial charge on any atom is -0.334 e. The van der Waals surface area contributed by atoms with E-state index in [4.69, 9.17) is 0 Å². The number of hydrogen-bond donors (Lipinski definition) is 2. The molecule has 0 saturated heterocycles. The number of nitrogens with one attached hydrogen (secondary N) is 2. The minimum absolute atomic E-state index is 0.128. The summed E-state index contributed by atoms with van der Waals surface area (Å²) >= 11 is 1.66. The molecular formula is C17H18N2OS. The molecule has 1 saturated carbocycles. The predicted molar refractivity (Wildman–Crippen MR) is 88.0 cm³/mol. The molecule has 2 atom stereocenters. The summed E-state index contributed by atoms with van der Waals surface area (Å²) in [7, 11) is 0. The van der Waals surface area contributed by atoms with E-state index in [1.807, 2.05) is 48.7 Å². The summed E-state index contributed by atoms with van der Waals surface area (Å²) in [6.07, 6.45) is 3.04. The lowest BCUT2D eigenvalue weighted by Gasteiger charge is -2.08. The van der Waals surface area contributed by atoms with Crippen LogP contribution in [-0.4, -0.2) is 18.3 Å². The Kier molecular flexibility index (Phi) is 4.15. The summed E-state index contributed by atoms with van der Waals surface area (Å²) in [5.74, 6) is 0.453. The second-order valence-electron chi connectivity index (χ2n) is 5.19. The summed E-state index contributed by atoms with van der Waals surface area (Å²) in [5, 5.41) is 5.93. The minimum atomic E-state index is -0.128. The molecule has 2 N–H and O–H groups in total. The van der Waals surface area contributed by atoms with Gasteiger partial charge >= 0.3 is 6.03 Å². The van der Waals surface area contributed by atoms with Crippen LogP contribution < -0.4 is 10.6 Å². The van der Waals surface area contributed by atoms with Gasteiger partial charge in [-0.15, -0.1) is 11.8 Å². The Hall–Kier alpha value is -1.94. The number of hydrogen-bond acceptors (Lipinski definition) is 2. The first-order valence-electron chi connectivity index (χ1n) is 7.03. The highest BCUT2D eigenvalue weighted by Gasteiger charge is 2.39. The van der Waals surface area contributed by atoms with Gasteiger partial charge in [0.2, 0.25) is 0 Å². The molecule has 2 unspecified atom stereocenters. The summed E-state index contributed by atoms with van der Waals surface area (Å²) in [6, 6.07) is 18.3. The van der Waals surface area contributed by atoms with E-state index in [2.05, 4.69) is 22.8 Å². The molecule has 3 rings (SSSR count). The quantitative estimate of drug-likeness (QED) is 0.835. The Morgan fingerprint density at radius 1 is 1.14 bits per heavy atom. The largest absolute Gasteiger partial charge is 0.334 e. The molecule has 2 aromatic rings. The maximum absolute atomic E-state index is 12.0. The first-order chi connectivity index (χ1) is 10.3. The van der Waals surface area contributed by atoms with Crippen LogP contribution in [0.4, 0.5) is 10.5 Å². The molecule has 0 radical (unpaired) electrons. The summed E-state index contributed by atoms with van der Waals surface area (Å²) in [6.45, 7) is 0. The zero-order chi connectivity index (χ0) is 14.7. The SMILES string of the molecule is CSc1cccc(NC(=O)NC2CC2c2ccccc2)c1. The lowest BCUT2D eigenvalue weighted by Crippen LogP contribution is -2.31. The van der Waals surface area contributed by atoms with Gasteiger partial charge in [0.1, 0.15) is 0 Å². The molecule has 1 fully saturated rings. The first-order valence-corrected chi connectivity index (χ1v) is 8.25. The highest BCUT2D eigenvalue weighted by Crippen LogP contribution is 2.40. The Balaban J connectivity index is 1.54. The van der Waals surface area contributed by atoms with E-state index in [1.165, 1.54) is 5.56 Å². The third-order valence-electron chi connectivity index (χ3n) is 3.66. The van der Waals surface area contributed by atoms with Gasteiger partial charge < -0.3 is 10.6 Å². The Morgan fingerprint density at radius 2 is 1.95 bits per heavy atom. The summed E-state index contributed by atoms with van der Waals surface area (Å²) in [5.41, 5.74) is 2.13. The topological polar surface area (TPSA) is 41.1 Å². The van der Waals surface area contributed by atoms with Crippen molar-refractivity contribution < 1.29 is 4.79 Å². The van der Waals surface area contributed by atoms with Crippen LogP contribution in [0.25, 0.3) is 0 Å². The molecule has 0 spiro atoms. The molecule has 4 heteroatoms. The van der Waals surface area contributed by atoms with Gasteiger partial charge in [-0.1, -0.05) is 36.4 Å². The maximum Gasteiger partial charge on any atom is 0.319 e. The molecule has 1 aliphatic rings. The van der Waals surface area contributed by atoms with Crippen LogP contribution >= 0.6 is 11.8 Å². The van der Waals surface area contributed by atoms with E-state index in [-0.39, 0.29) is 12.1 Å². The number of carbonyl (C=O) groups is 1. The van der Waals surface area contributed by atoms with Crippen molar-refractivity contribution in [2.24, 2.45) is 0 Å². The highest BCUT2D eigenvalue weighted by molar-refractivity contribution is 7.98. The maximum atomic E-state index is 12.0. The molecule has 3 nitrogen and oxygen atoms in total. The Labute approximate surface area is 129 Å². The van der Waals surface area contributed by atoms with Gasteiger partial charge in [0.25, 0.3) is 0 Å². The van der Waals surface area contributed by atoms with Crippen LogP contribution in [0.1, 0.15) is 17.9 Å². The second-order valence-corrected chi connectivity index (χ2v) is 6.07. The fraction of sp³-hybridized carbons (Fsp3) is 0.235. The predicted octanol–water partition coefficient (Wildman–Crippen LogP) is 4.09. The highest BCUT2D eigenvalue weighted by atomic mass is 32.2. The van der Waals surface area contributed by atoms with Crippen molar-refractivity contribution in [2.75, 3.05) is 11.6 Å². The van der Waals surface area contributed by atoms with E-state index >= 15 is 0 Å². The van der Waals surface area contributed by atoms with Gasteiger partial charge in [-0.2, -0.15) is 0 Å². The van der Waals surface area contributed by atoms with Crippen molar-refractivity contribution in [3.63, 3.8) is 0 Å². The van der Waals surface area contributed by atoms with Crippen LogP contribution in [-0.2, 0) is 0 Å². The lowest BCUT2D eigenvalue weighted by atomic mass is 10.1. The molecule has 0 aromatic heterocycles. The average molecular weight is 298 g/mol. The van der Waals surface area contributed by atoms with Crippen molar-refractivity contribution in [1.29, 1.82) is 0 Å². The number of rotatable bonds is 4. The fourth-order valence-electron chi connectivity index (χ4n) is 2.46. The molecule has 2 amide bonds. The number of urea groups is 1. The molecule has 0 bridgehead atoms. The van der Waals surface area contributed by atoms with Crippen molar-refractivity contribution in [1.82, 2.24) is 5.32 Å². The third kappa shape index (κ3) is 3.58. The molecule has 1 aliphatic carbocycles. The summed E-state index contributed by atoms with van der Waals surface area (Å²) < 4.78 is 0. The monoisotopic (exact) mass is 298 g/mol. The van der Waals surface area contributed by atoms with Crippen LogP contribution in [0.5, 0.6) is 0 Å². The van der Waals surface area contributed by atoms with Gasteiger partial charge in [0.15, 0.2) is 0 Å². The van der Waals surface area contributed by atoms with E-state index in [9.17, 15) is 4.79 Å². The van der Waals surface area contributed by atoms with Gasteiger partial charge in [-0.05, 0) is 36.4 Å². The normalized spacial score (nSPS) is 19.9. The number of amides is 2. The van der Waals surface area contributed by atoms with E-state index in [0.717, 1.165) is 17.0 Å². The zero-order valence-electron chi connectivity index (χ0n) is 11.9. The first kappa shape index (κ1) is 14.0. The number of thioether (sulfide) groups is 1. The number of anilines is 1. The van der Waals surface area contributed by atoms with Crippen LogP contribution in [0.3, 0.4) is 0 Å². The van der Waals surface area contributed by atoms with Gasteiger partial charge in [0, 0.05) is 22.5 Å². The van der Waals surface area contributed by atoms with E-state index < -0.39 is 0 Å². The van der Waals surface area contributed by atoms with Crippen molar-refractivity contribution in [3.05, 3.63) is 60.2 Å². The van der Waals surface area contributed by atoms with Gasteiger partial charge in [0.05, 0.1) is 0 Å². The van der Waals surface area contributed by atoms with Gasteiger partial charge in [-0.3, -0.25) is 0 Å². The summed E-state index contributed by atoms with van der Waals surface area (Å²) in [4.78, 5) is 13.2. The molecule has 21 heavy (non-hydrogen) atoms. The zero-order valence-corrected chi connectivity index (χ0v) is 12.7. The fourth-order valence-corrected chi connectivity index (χ4v) is 2.92. The molecule has 0 aliphatic heterocycles. The lowest BCUT2D eigenvalue weighted by molar-refractivity contribution is 0.251. The van der Waals surface area contributed by atoms with E-state index in [1.54, 1.807) is 11.8 Å². The van der Waals surface area contributed by atoms with Crippen molar-refractivity contribution >= 4 is 23.5 Å². The van der Waals surface area contributed by atoms with Crippen LogP contribution in [0, 0.1) is 0 Å². The average Bonchev–Trinajstić information content (AvgIpc) is 3.27. The van der Waals surface area contributed by atoms with Crippen molar-refractivity contribution in [3.8, 4) is 0 Å². The Morgan fingerprint density at radius 3 is 2.71 bits per heavy atom. The van der Waals surface area contributed by atoms with Crippen LogP contribution in [0.2, 0.25) is 0 Å². The van der Waals surface area contributed by atoms with Crippen LogP contribution in [0.15, 0.2) is 59.5 Å².